The average molecular weight is 510 g/mol. The summed E-state index contributed by atoms with van der Waals surface area (Å²) in [4.78, 5) is 48.5. The minimum Gasteiger partial charge on any atom is -0.846 e. The molecule has 188 valence electrons. The Hall–Kier alpha value is -1.34. The van der Waals surface area contributed by atoms with Gasteiger partial charge in [0.25, 0.3) is 5.91 Å². The fraction of sp³-hybridized carbons (Fsp3) is 0.762. The van der Waals surface area contributed by atoms with Gasteiger partial charge in [-0.3, -0.25) is 14.4 Å². The van der Waals surface area contributed by atoms with E-state index in [4.69, 9.17) is 5.11 Å². The summed E-state index contributed by atoms with van der Waals surface area (Å²) in [6.07, 6.45) is 4.90. The third kappa shape index (κ3) is 7.84. The van der Waals surface area contributed by atoms with Crippen LogP contribution in [-0.2, 0) is 14.4 Å². The summed E-state index contributed by atoms with van der Waals surface area (Å²) in [5, 5.41) is 27.9. The second kappa shape index (κ2) is 14.9. The molecule has 3 aliphatic rings. The summed E-state index contributed by atoms with van der Waals surface area (Å²) in [6, 6.07) is -0.405. The van der Waals surface area contributed by atoms with Crippen LogP contribution >= 0.6 is 11.8 Å². The van der Waals surface area contributed by atoms with E-state index in [0.717, 1.165) is 37.9 Å². The van der Waals surface area contributed by atoms with E-state index < -0.39 is 29.2 Å². The van der Waals surface area contributed by atoms with Crippen molar-refractivity contribution in [3.63, 3.8) is 0 Å². The Balaban J connectivity index is 0.000000605. The minimum atomic E-state index is -1.15. The first kappa shape index (κ1) is 32.7. The molecule has 2 fully saturated rings. The van der Waals surface area contributed by atoms with Crippen LogP contribution in [0.15, 0.2) is 4.99 Å². The zero-order valence-corrected chi connectivity index (χ0v) is 23.3. The van der Waals surface area contributed by atoms with Crippen LogP contribution in [-0.4, -0.2) is 58.0 Å². The Morgan fingerprint density at radius 2 is 1.94 bits per heavy atom. The number of urea groups is 1. The molecule has 0 radical (unpaired) electrons. The van der Waals surface area contributed by atoms with Gasteiger partial charge >= 0.3 is 41.6 Å². The number of unbranched alkanes of at least 4 members (excludes halogenated alkanes) is 1. The molecule has 0 aromatic rings. The third-order valence-electron chi connectivity index (χ3n) is 6.40. The molecular formula is C21H36N5NaO6S. The number of aliphatic carboxylic acids is 1. The zero-order chi connectivity index (χ0) is 23.9. The smallest absolute Gasteiger partial charge is 0.846 e. The van der Waals surface area contributed by atoms with Crippen molar-refractivity contribution in [2.24, 2.45) is 16.3 Å². The van der Waals surface area contributed by atoms with Crippen molar-refractivity contribution < 1.29 is 58.9 Å². The van der Waals surface area contributed by atoms with Crippen LogP contribution in [0.1, 0.15) is 65.7 Å². The van der Waals surface area contributed by atoms with Gasteiger partial charge in [0.15, 0.2) is 0 Å². The van der Waals surface area contributed by atoms with E-state index in [1.165, 1.54) is 0 Å². The maximum Gasteiger partial charge on any atom is 1.00 e. The summed E-state index contributed by atoms with van der Waals surface area (Å²) >= 11 is 1.87. The van der Waals surface area contributed by atoms with Gasteiger partial charge in [-0.2, -0.15) is 11.8 Å². The Morgan fingerprint density at radius 1 is 1.26 bits per heavy atom. The van der Waals surface area contributed by atoms with Gasteiger partial charge in [0.1, 0.15) is 5.41 Å². The molecule has 0 bridgehead atoms. The van der Waals surface area contributed by atoms with Gasteiger partial charge < -0.3 is 32.3 Å². The molecule has 13 heteroatoms. The standard InChI is InChI=1S/C11H18N2O3.C10H16N2O3S.H3N.Na/c1-4-6-7(3)11(5-2)8(14)12-10(16)13-9(11)15;13-8(14)4-2-1-3-7-9-6(5-16-7)11-10(15)12-9;;/h7H,4-6H2,1-3H3,(H2,12,13,14,15,16);6-7,9H,1-5H2,(H,13,14)(H2,11,12,15);1H3;/q;;;+1/p-1/t;6-,7-,9-;;/m.0../s1. The second-order valence-corrected chi connectivity index (χ2v) is 9.72. The molecule has 0 saturated carbocycles. The van der Waals surface area contributed by atoms with Crippen molar-refractivity contribution in [2.75, 3.05) is 5.75 Å². The van der Waals surface area contributed by atoms with Gasteiger partial charge in [-0.15, -0.1) is 0 Å². The van der Waals surface area contributed by atoms with Gasteiger partial charge in [0.05, 0.1) is 18.1 Å². The maximum absolute atomic E-state index is 11.9. The van der Waals surface area contributed by atoms with E-state index in [0.29, 0.717) is 11.7 Å². The van der Waals surface area contributed by atoms with E-state index in [1.807, 2.05) is 25.6 Å². The molecule has 2 unspecified atom stereocenters. The van der Waals surface area contributed by atoms with Crippen LogP contribution < -0.4 is 56.8 Å². The Labute approximate surface area is 226 Å². The number of aliphatic imine (C=N–C) groups is 1. The van der Waals surface area contributed by atoms with Crippen LogP contribution in [0.3, 0.4) is 0 Å². The van der Waals surface area contributed by atoms with E-state index in [2.05, 4.69) is 20.9 Å². The molecule has 0 aromatic heterocycles. The molecule has 5 atom stereocenters. The van der Waals surface area contributed by atoms with Crippen LogP contribution in [0.25, 0.3) is 0 Å². The van der Waals surface area contributed by atoms with E-state index in [-0.39, 0.29) is 66.2 Å². The normalized spacial score (nSPS) is 27.9. The summed E-state index contributed by atoms with van der Waals surface area (Å²) in [6.45, 7) is 5.62. The number of amidine groups is 1. The molecule has 0 aliphatic carbocycles. The quantitative estimate of drug-likeness (QED) is 0.103. The van der Waals surface area contributed by atoms with Gasteiger partial charge in [0, 0.05) is 17.4 Å². The third-order valence-corrected chi connectivity index (χ3v) is 7.91. The predicted octanol–water partition coefficient (Wildman–Crippen LogP) is -1.85. The predicted molar refractivity (Wildman–Crippen MR) is 124 cm³/mol. The minimum absolute atomic E-state index is 0. The number of carbonyl (C=O) groups excluding carboxylic acids is 3. The number of hydrogen-bond donors (Lipinski definition) is 5. The molecule has 7 N–H and O–H groups in total. The van der Waals surface area contributed by atoms with Crippen molar-refractivity contribution in [1.82, 2.24) is 22.1 Å². The molecule has 2 saturated heterocycles. The summed E-state index contributed by atoms with van der Waals surface area (Å²) in [5.74, 6) is -0.960. The van der Waals surface area contributed by atoms with Gasteiger partial charge in [-0.1, -0.05) is 33.6 Å². The summed E-state index contributed by atoms with van der Waals surface area (Å²) in [5.41, 5.74) is -1.15. The fourth-order valence-corrected chi connectivity index (χ4v) is 6.11. The molecular weight excluding hydrogens is 473 g/mol. The van der Waals surface area contributed by atoms with Crippen molar-refractivity contribution in [2.45, 2.75) is 83.1 Å². The first-order chi connectivity index (χ1) is 15.1. The molecule has 0 aromatic carbocycles. The number of nitrogens with zero attached hydrogens (tertiary/aromatic N) is 1. The number of fused-ring (bicyclic) bond motifs is 1. The fourth-order valence-electron chi connectivity index (χ4n) is 4.56. The molecule has 3 rings (SSSR count). The average Bonchev–Trinajstić information content (AvgIpc) is 3.25. The van der Waals surface area contributed by atoms with E-state index >= 15 is 0 Å². The number of carboxylic acids is 1. The van der Waals surface area contributed by atoms with Crippen molar-refractivity contribution >= 4 is 41.6 Å². The molecule has 0 spiro atoms. The molecule has 11 nitrogen and oxygen atoms in total. The van der Waals surface area contributed by atoms with Crippen LogP contribution in [0, 0.1) is 11.3 Å². The molecule has 3 aliphatic heterocycles. The Morgan fingerprint density at radius 3 is 2.50 bits per heavy atom. The largest absolute Gasteiger partial charge is 1.00 e. The number of nitrogens with one attached hydrogen (secondary N) is 3. The maximum atomic E-state index is 11.9. The first-order valence-corrected chi connectivity index (χ1v) is 12.2. The monoisotopic (exact) mass is 509 g/mol. The number of thioether (sulfide) groups is 1. The topological polar surface area (TPSA) is 195 Å². The molecule has 4 amide bonds. The van der Waals surface area contributed by atoms with Gasteiger partial charge in [-0.05, 0) is 31.6 Å². The Kier molecular flexibility index (Phi) is 14.3. The summed E-state index contributed by atoms with van der Waals surface area (Å²) in [7, 11) is 0. The van der Waals surface area contributed by atoms with Crippen molar-refractivity contribution in [3.8, 4) is 0 Å². The van der Waals surface area contributed by atoms with Crippen LogP contribution in [0.5, 0.6) is 0 Å². The van der Waals surface area contributed by atoms with Crippen LogP contribution in [0.2, 0.25) is 0 Å². The SMILES string of the molecule is CCCC(C)C1(CC)C(=O)N=C([O-])NC1=O.N.O=C(O)CCCC[C@@H]1SC[C@@H]2NC(=O)N[C@@H]21.[Na+]. The van der Waals surface area contributed by atoms with Crippen LogP contribution in [0.4, 0.5) is 4.79 Å². The van der Waals surface area contributed by atoms with Crippen molar-refractivity contribution in [1.29, 1.82) is 0 Å². The van der Waals surface area contributed by atoms with E-state index in [9.17, 15) is 24.3 Å². The number of rotatable bonds is 9. The molecule has 34 heavy (non-hydrogen) atoms. The molecule has 3 heterocycles. The van der Waals surface area contributed by atoms with Gasteiger partial charge in [-0.25, -0.2) is 9.79 Å². The number of amides is 4. The second-order valence-electron chi connectivity index (χ2n) is 8.45. The summed E-state index contributed by atoms with van der Waals surface area (Å²) < 4.78 is 0. The number of carboxylic acid groups (broad SMARTS) is 1. The zero-order valence-electron chi connectivity index (χ0n) is 20.5. The van der Waals surface area contributed by atoms with Crippen molar-refractivity contribution in [3.05, 3.63) is 0 Å². The first-order valence-electron chi connectivity index (χ1n) is 11.2. The number of carbonyl (C=O) groups is 4. The van der Waals surface area contributed by atoms with Gasteiger partial charge in [0.2, 0.25) is 5.91 Å². The van der Waals surface area contributed by atoms with E-state index in [1.54, 1.807) is 6.92 Å². The Bertz CT molecular complexity index is 770. The number of hydrogen-bond acceptors (Lipinski definition) is 7.